The van der Waals surface area contributed by atoms with Gasteiger partial charge >= 0.3 is 0 Å². The molecule has 3 heteroatoms. The number of piperidine rings is 1. The van der Waals surface area contributed by atoms with Gasteiger partial charge in [-0.15, -0.1) is 0 Å². The molecule has 1 aliphatic carbocycles. The van der Waals surface area contributed by atoms with Crippen molar-refractivity contribution in [2.45, 2.75) is 56.8 Å². The van der Waals surface area contributed by atoms with E-state index in [0.29, 0.717) is 18.2 Å². The molecule has 15 heavy (non-hydrogen) atoms. The normalized spacial score (nSPS) is 35.6. The summed E-state index contributed by atoms with van der Waals surface area (Å²) in [5.74, 6) is 0. The first-order valence-electron chi connectivity index (χ1n) is 6.33. The summed E-state index contributed by atoms with van der Waals surface area (Å²) < 4.78 is 6.15. The Balaban J connectivity index is 1.68. The molecule has 2 N–H and O–H groups in total. The molecule has 0 aromatic rings. The van der Waals surface area contributed by atoms with E-state index in [4.69, 9.17) is 10.5 Å². The van der Waals surface area contributed by atoms with E-state index in [9.17, 15) is 0 Å². The Kier molecular flexibility index (Phi) is 4.00. The molecule has 2 rings (SSSR count). The molecular weight excluding hydrogens is 188 g/mol. The fourth-order valence-corrected chi connectivity index (χ4v) is 2.62. The monoisotopic (exact) mass is 212 g/mol. The fourth-order valence-electron chi connectivity index (χ4n) is 2.62. The summed E-state index contributed by atoms with van der Waals surface area (Å²) in [6.45, 7) is 2.38. The van der Waals surface area contributed by atoms with E-state index in [0.717, 1.165) is 12.8 Å². The predicted octanol–water partition coefficient (Wildman–Crippen LogP) is 1.37. The Labute approximate surface area is 93.0 Å². The van der Waals surface area contributed by atoms with Gasteiger partial charge in [0, 0.05) is 19.1 Å². The zero-order chi connectivity index (χ0) is 10.7. The van der Waals surface area contributed by atoms with Crippen molar-refractivity contribution in [3.05, 3.63) is 0 Å². The highest BCUT2D eigenvalue weighted by molar-refractivity contribution is 4.77. The minimum Gasteiger partial charge on any atom is -0.375 e. The average Bonchev–Trinajstić information content (AvgIpc) is 2.25. The zero-order valence-electron chi connectivity index (χ0n) is 9.82. The number of likely N-dealkylation sites (tertiary alicyclic amines) is 1. The number of rotatable bonds is 2. The number of nitrogens with two attached hydrogens (primary N) is 1. The maximum absolute atomic E-state index is 6.15. The van der Waals surface area contributed by atoms with Crippen LogP contribution in [0.1, 0.15) is 38.5 Å². The quantitative estimate of drug-likeness (QED) is 0.751. The SMILES string of the molecule is CN1CCC(OC2CCC(N)CC2)CC1. The topological polar surface area (TPSA) is 38.5 Å². The molecule has 3 nitrogen and oxygen atoms in total. The third kappa shape index (κ3) is 3.44. The minimum atomic E-state index is 0.433. The zero-order valence-corrected chi connectivity index (χ0v) is 9.82. The number of nitrogens with zero attached hydrogens (tertiary/aromatic N) is 1. The molecule has 2 fully saturated rings. The highest BCUT2D eigenvalue weighted by atomic mass is 16.5. The molecule has 1 saturated heterocycles. The molecule has 0 unspecified atom stereocenters. The molecule has 1 heterocycles. The summed E-state index contributed by atoms with van der Waals surface area (Å²) in [5.41, 5.74) is 5.89. The summed E-state index contributed by atoms with van der Waals surface area (Å²) in [5, 5.41) is 0. The minimum absolute atomic E-state index is 0.433. The molecule has 0 radical (unpaired) electrons. The first-order chi connectivity index (χ1) is 7.24. The number of hydrogen-bond donors (Lipinski definition) is 1. The molecule has 2 aliphatic rings. The van der Waals surface area contributed by atoms with Crippen molar-refractivity contribution in [3.63, 3.8) is 0 Å². The molecule has 1 aliphatic heterocycles. The lowest BCUT2D eigenvalue weighted by Crippen LogP contribution is -2.38. The van der Waals surface area contributed by atoms with Gasteiger partial charge in [0.1, 0.15) is 0 Å². The van der Waals surface area contributed by atoms with E-state index in [1.165, 1.54) is 38.8 Å². The van der Waals surface area contributed by atoms with Crippen LogP contribution in [-0.2, 0) is 4.74 Å². The van der Waals surface area contributed by atoms with Crippen LogP contribution in [0.3, 0.4) is 0 Å². The molecule has 88 valence electrons. The van der Waals surface area contributed by atoms with Gasteiger partial charge in [0.15, 0.2) is 0 Å². The number of hydrogen-bond acceptors (Lipinski definition) is 3. The van der Waals surface area contributed by atoms with Crippen molar-refractivity contribution in [3.8, 4) is 0 Å². The lowest BCUT2D eigenvalue weighted by atomic mass is 9.93. The summed E-state index contributed by atoms with van der Waals surface area (Å²) in [6.07, 6.45) is 8.08. The molecule has 0 bridgehead atoms. The Morgan fingerprint density at radius 1 is 0.933 bits per heavy atom. The van der Waals surface area contributed by atoms with Gasteiger partial charge in [-0.05, 0) is 45.6 Å². The predicted molar refractivity (Wildman–Crippen MR) is 61.8 cm³/mol. The molecule has 0 atom stereocenters. The van der Waals surface area contributed by atoms with Gasteiger partial charge in [-0.1, -0.05) is 0 Å². The summed E-state index contributed by atoms with van der Waals surface area (Å²) >= 11 is 0. The lowest BCUT2D eigenvalue weighted by Gasteiger charge is -2.34. The highest BCUT2D eigenvalue weighted by Gasteiger charge is 2.24. The Morgan fingerprint density at radius 3 is 2.07 bits per heavy atom. The van der Waals surface area contributed by atoms with E-state index in [2.05, 4.69) is 11.9 Å². The molecule has 0 aromatic carbocycles. The standard InChI is InChI=1S/C12H24N2O/c1-14-8-6-12(7-9-14)15-11-4-2-10(13)3-5-11/h10-12H,2-9,13H2,1H3. The van der Waals surface area contributed by atoms with Gasteiger partial charge in [0.05, 0.1) is 12.2 Å². The molecule has 0 amide bonds. The van der Waals surface area contributed by atoms with Gasteiger partial charge in [-0.25, -0.2) is 0 Å². The van der Waals surface area contributed by atoms with Gasteiger partial charge in [0.25, 0.3) is 0 Å². The van der Waals surface area contributed by atoms with E-state index in [1.54, 1.807) is 0 Å². The summed E-state index contributed by atoms with van der Waals surface area (Å²) in [7, 11) is 2.19. The van der Waals surface area contributed by atoms with Gasteiger partial charge < -0.3 is 15.4 Å². The van der Waals surface area contributed by atoms with Gasteiger partial charge in [-0.2, -0.15) is 0 Å². The van der Waals surface area contributed by atoms with Crippen molar-refractivity contribution in [2.24, 2.45) is 5.73 Å². The molecule has 0 aromatic heterocycles. The first-order valence-corrected chi connectivity index (χ1v) is 6.33. The van der Waals surface area contributed by atoms with E-state index < -0.39 is 0 Å². The second-order valence-corrected chi connectivity index (χ2v) is 5.18. The third-order valence-corrected chi connectivity index (χ3v) is 3.77. The van der Waals surface area contributed by atoms with Gasteiger partial charge in [0.2, 0.25) is 0 Å². The third-order valence-electron chi connectivity index (χ3n) is 3.77. The fraction of sp³-hybridized carbons (Fsp3) is 1.00. The van der Waals surface area contributed by atoms with Crippen molar-refractivity contribution >= 4 is 0 Å². The van der Waals surface area contributed by atoms with Crippen molar-refractivity contribution in [1.29, 1.82) is 0 Å². The van der Waals surface area contributed by atoms with Gasteiger partial charge in [-0.3, -0.25) is 0 Å². The van der Waals surface area contributed by atoms with Crippen molar-refractivity contribution in [2.75, 3.05) is 20.1 Å². The maximum atomic E-state index is 6.15. The lowest BCUT2D eigenvalue weighted by molar-refractivity contribution is -0.0549. The largest absolute Gasteiger partial charge is 0.375 e. The van der Waals surface area contributed by atoms with E-state index in [-0.39, 0.29) is 0 Å². The second kappa shape index (κ2) is 5.28. The Hall–Kier alpha value is -0.120. The van der Waals surface area contributed by atoms with Crippen LogP contribution >= 0.6 is 0 Å². The van der Waals surface area contributed by atoms with Crippen LogP contribution in [0.15, 0.2) is 0 Å². The van der Waals surface area contributed by atoms with E-state index in [1.807, 2.05) is 0 Å². The highest BCUT2D eigenvalue weighted by Crippen LogP contribution is 2.23. The van der Waals surface area contributed by atoms with E-state index >= 15 is 0 Å². The Morgan fingerprint density at radius 2 is 1.47 bits per heavy atom. The molecular formula is C12H24N2O. The summed E-state index contributed by atoms with van der Waals surface area (Å²) in [4.78, 5) is 2.39. The maximum Gasteiger partial charge on any atom is 0.0603 e. The molecule has 1 saturated carbocycles. The Bertz CT molecular complexity index is 162. The smallest absolute Gasteiger partial charge is 0.0603 e. The van der Waals surface area contributed by atoms with Crippen LogP contribution in [0, 0.1) is 0 Å². The van der Waals surface area contributed by atoms with Crippen LogP contribution < -0.4 is 5.73 Å². The van der Waals surface area contributed by atoms with Crippen LogP contribution in [0.2, 0.25) is 0 Å². The second-order valence-electron chi connectivity index (χ2n) is 5.18. The van der Waals surface area contributed by atoms with Crippen LogP contribution in [0.25, 0.3) is 0 Å². The summed E-state index contributed by atoms with van der Waals surface area (Å²) in [6, 6.07) is 0.433. The van der Waals surface area contributed by atoms with Crippen LogP contribution in [-0.4, -0.2) is 43.3 Å². The van der Waals surface area contributed by atoms with Crippen molar-refractivity contribution in [1.82, 2.24) is 4.90 Å². The number of ether oxygens (including phenoxy) is 1. The van der Waals surface area contributed by atoms with Crippen LogP contribution in [0.5, 0.6) is 0 Å². The molecule has 0 spiro atoms. The average molecular weight is 212 g/mol. The van der Waals surface area contributed by atoms with Crippen LogP contribution in [0.4, 0.5) is 0 Å². The first kappa shape index (κ1) is 11.4. The van der Waals surface area contributed by atoms with Crippen molar-refractivity contribution < 1.29 is 4.74 Å².